The molecule has 1 aliphatic carbocycles. The lowest BCUT2D eigenvalue weighted by molar-refractivity contribution is -0.936. The minimum absolute atomic E-state index is 0.617. The van der Waals surface area contributed by atoms with E-state index in [1.165, 1.54) is 42.4 Å². The Bertz CT molecular complexity index is 673. The van der Waals surface area contributed by atoms with Gasteiger partial charge in [0.15, 0.2) is 0 Å². The van der Waals surface area contributed by atoms with Gasteiger partial charge in [0.1, 0.15) is 6.04 Å². The lowest BCUT2D eigenvalue weighted by Gasteiger charge is -2.45. The fraction of sp³-hybridized carbons (Fsp3) is 0.391. The van der Waals surface area contributed by atoms with Crippen LogP contribution in [0.4, 0.5) is 0 Å². The van der Waals surface area contributed by atoms with Crippen LogP contribution in [0.5, 0.6) is 0 Å². The second kappa shape index (κ2) is 6.22. The second-order valence-corrected chi connectivity index (χ2v) is 8.08. The van der Waals surface area contributed by atoms with Gasteiger partial charge < -0.3 is 4.48 Å². The Kier molecular flexibility index (Phi) is 4.05. The van der Waals surface area contributed by atoms with Crippen LogP contribution in [0.2, 0.25) is 0 Å². The fourth-order valence-electron chi connectivity index (χ4n) is 4.80. The largest absolute Gasteiger partial charge is 0.320 e. The Morgan fingerprint density at radius 1 is 0.833 bits per heavy atom. The molecule has 24 heavy (non-hydrogen) atoms. The molecule has 1 saturated heterocycles. The number of nitrogens with zero attached hydrogens (tertiary/aromatic N) is 1. The SMILES string of the molecule is C[N+]1(C)C(C=C(c2ccccc2)c2ccccc2)CC2CCC1C2. The van der Waals surface area contributed by atoms with Crippen LogP contribution in [0.3, 0.4) is 0 Å². The van der Waals surface area contributed by atoms with Crippen LogP contribution in [0, 0.1) is 5.92 Å². The van der Waals surface area contributed by atoms with Gasteiger partial charge in [-0.2, -0.15) is 0 Å². The van der Waals surface area contributed by atoms with Crippen LogP contribution in [0.1, 0.15) is 36.8 Å². The summed E-state index contributed by atoms with van der Waals surface area (Å²) in [7, 11) is 4.89. The van der Waals surface area contributed by atoms with E-state index in [0.29, 0.717) is 6.04 Å². The average molecular weight is 318 g/mol. The maximum absolute atomic E-state index is 2.58. The van der Waals surface area contributed by atoms with E-state index in [0.717, 1.165) is 16.4 Å². The lowest BCUT2D eigenvalue weighted by atomic mass is 9.87. The summed E-state index contributed by atoms with van der Waals surface area (Å²) >= 11 is 0. The Balaban J connectivity index is 1.77. The predicted molar refractivity (Wildman–Crippen MR) is 102 cm³/mol. The first-order chi connectivity index (χ1) is 11.6. The van der Waals surface area contributed by atoms with Crippen molar-refractivity contribution in [1.82, 2.24) is 0 Å². The number of fused-ring (bicyclic) bond motifs is 2. The zero-order valence-corrected chi connectivity index (χ0v) is 14.9. The van der Waals surface area contributed by atoms with E-state index < -0.39 is 0 Å². The number of rotatable bonds is 3. The maximum atomic E-state index is 2.58. The second-order valence-electron chi connectivity index (χ2n) is 8.08. The van der Waals surface area contributed by atoms with E-state index in [9.17, 15) is 0 Å². The Labute approximate surface area is 146 Å². The van der Waals surface area contributed by atoms with Crippen LogP contribution >= 0.6 is 0 Å². The zero-order chi connectivity index (χ0) is 16.6. The van der Waals surface area contributed by atoms with Crippen LogP contribution in [0.25, 0.3) is 5.57 Å². The maximum Gasteiger partial charge on any atom is 0.109 e. The molecule has 2 bridgehead atoms. The number of hydrogen-bond acceptors (Lipinski definition) is 0. The van der Waals surface area contributed by atoms with Gasteiger partial charge in [-0.1, -0.05) is 60.7 Å². The van der Waals surface area contributed by atoms with Crippen molar-refractivity contribution in [3.05, 3.63) is 77.9 Å². The third-order valence-electron chi connectivity index (χ3n) is 6.41. The summed E-state index contributed by atoms with van der Waals surface area (Å²) in [5.74, 6) is 0.940. The van der Waals surface area contributed by atoms with Gasteiger partial charge in [-0.3, -0.25) is 0 Å². The number of piperidine rings is 1. The minimum atomic E-state index is 0.617. The molecule has 4 rings (SSSR count). The summed E-state index contributed by atoms with van der Waals surface area (Å²) in [6, 6.07) is 23.3. The molecule has 0 amide bonds. The molecule has 2 aromatic carbocycles. The summed E-state index contributed by atoms with van der Waals surface area (Å²) < 4.78 is 1.15. The van der Waals surface area contributed by atoms with Crippen molar-refractivity contribution in [2.24, 2.45) is 5.92 Å². The van der Waals surface area contributed by atoms with Crippen molar-refractivity contribution >= 4 is 5.57 Å². The zero-order valence-electron chi connectivity index (χ0n) is 14.9. The van der Waals surface area contributed by atoms with Gasteiger partial charge in [0.25, 0.3) is 0 Å². The predicted octanol–water partition coefficient (Wildman–Crippen LogP) is 5.14. The highest BCUT2D eigenvalue weighted by Gasteiger charge is 2.46. The summed E-state index contributed by atoms with van der Waals surface area (Å²) in [5, 5.41) is 0. The van der Waals surface area contributed by atoms with Crippen molar-refractivity contribution in [2.45, 2.75) is 37.8 Å². The van der Waals surface area contributed by atoms with Crippen LogP contribution < -0.4 is 0 Å². The smallest absolute Gasteiger partial charge is 0.109 e. The van der Waals surface area contributed by atoms with Crippen LogP contribution in [-0.2, 0) is 0 Å². The van der Waals surface area contributed by atoms with Crippen LogP contribution in [0.15, 0.2) is 66.7 Å². The van der Waals surface area contributed by atoms with Gasteiger partial charge in [-0.05, 0) is 41.5 Å². The third-order valence-corrected chi connectivity index (χ3v) is 6.41. The van der Waals surface area contributed by atoms with Crippen molar-refractivity contribution in [3.8, 4) is 0 Å². The molecule has 0 spiro atoms. The van der Waals surface area contributed by atoms with Gasteiger partial charge in [0.2, 0.25) is 0 Å². The number of quaternary nitrogens is 1. The summed E-state index contributed by atoms with van der Waals surface area (Å²) in [6.07, 6.45) is 8.20. The minimum Gasteiger partial charge on any atom is -0.320 e. The molecular weight excluding hydrogens is 290 g/mol. The molecule has 2 aromatic rings. The molecule has 3 atom stereocenters. The third kappa shape index (κ3) is 2.82. The van der Waals surface area contributed by atoms with Gasteiger partial charge in [0.05, 0.1) is 20.1 Å². The molecule has 1 saturated carbocycles. The van der Waals surface area contributed by atoms with E-state index in [1.807, 2.05) is 0 Å². The van der Waals surface area contributed by atoms with E-state index in [-0.39, 0.29) is 0 Å². The molecule has 0 radical (unpaired) electrons. The first-order valence-electron chi connectivity index (χ1n) is 9.30. The van der Waals surface area contributed by atoms with E-state index in [2.05, 4.69) is 80.8 Å². The quantitative estimate of drug-likeness (QED) is 0.688. The molecule has 2 aliphatic rings. The molecule has 1 aliphatic heterocycles. The summed E-state index contributed by atoms with van der Waals surface area (Å²) in [5.41, 5.74) is 4.07. The standard InChI is InChI=1S/C23H28N/c1-24(2)21-14-13-18(15-21)16-22(24)17-23(19-9-5-3-6-10-19)20-11-7-4-8-12-20/h3-12,17-18,21-22H,13-16H2,1-2H3/q+1. The fourth-order valence-corrected chi connectivity index (χ4v) is 4.80. The molecule has 124 valence electrons. The Morgan fingerprint density at radius 2 is 1.42 bits per heavy atom. The molecule has 1 nitrogen and oxygen atoms in total. The molecule has 2 fully saturated rings. The van der Waals surface area contributed by atoms with Gasteiger partial charge >= 0.3 is 0 Å². The molecule has 1 heterocycles. The number of benzene rings is 2. The van der Waals surface area contributed by atoms with Crippen molar-refractivity contribution in [1.29, 1.82) is 0 Å². The van der Waals surface area contributed by atoms with Gasteiger partial charge in [-0.15, -0.1) is 0 Å². The van der Waals surface area contributed by atoms with Crippen molar-refractivity contribution < 1.29 is 4.48 Å². The average Bonchev–Trinajstić information content (AvgIpc) is 3.05. The highest BCUT2D eigenvalue weighted by atomic mass is 15.4. The van der Waals surface area contributed by atoms with Crippen LogP contribution in [-0.4, -0.2) is 30.7 Å². The lowest BCUT2D eigenvalue weighted by Crippen LogP contribution is -2.56. The molecule has 0 N–H and O–H groups in total. The van der Waals surface area contributed by atoms with Crippen molar-refractivity contribution in [2.75, 3.05) is 14.1 Å². The van der Waals surface area contributed by atoms with E-state index in [1.54, 1.807) is 0 Å². The molecule has 0 aromatic heterocycles. The Morgan fingerprint density at radius 3 is 2.00 bits per heavy atom. The topological polar surface area (TPSA) is 0 Å². The Hall–Kier alpha value is -1.86. The number of likely N-dealkylation sites (N-methyl/N-ethyl adjacent to an activating group) is 1. The van der Waals surface area contributed by atoms with Gasteiger partial charge in [0, 0.05) is 12.8 Å². The van der Waals surface area contributed by atoms with E-state index in [4.69, 9.17) is 0 Å². The molecule has 1 heteroatoms. The first kappa shape index (κ1) is 15.7. The highest BCUT2D eigenvalue weighted by molar-refractivity contribution is 5.80. The number of hydrogen-bond donors (Lipinski definition) is 0. The summed E-state index contributed by atoms with van der Waals surface area (Å²) in [6.45, 7) is 0. The molecular formula is C23H28N+. The number of likely N-dealkylation sites (tertiary alicyclic amines) is 1. The molecule has 3 unspecified atom stereocenters. The summed E-state index contributed by atoms with van der Waals surface area (Å²) in [4.78, 5) is 0. The monoisotopic (exact) mass is 318 g/mol. The van der Waals surface area contributed by atoms with E-state index >= 15 is 0 Å². The van der Waals surface area contributed by atoms with Crippen molar-refractivity contribution in [3.63, 3.8) is 0 Å². The normalized spacial score (nSPS) is 27.7. The first-order valence-corrected chi connectivity index (χ1v) is 9.30. The van der Waals surface area contributed by atoms with Gasteiger partial charge in [-0.25, -0.2) is 0 Å². The highest BCUT2D eigenvalue weighted by Crippen LogP contribution is 2.43.